The number of ether oxygens (including phenoxy) is 1. The van der Waals surface area contributed by atoms with E-state index in [9.17, 15) is 13.6 Å². The SMILES string of the molecule is COC(=O)Cn1nc(C)c2c(C(F)F)cc(-c3cnn(C)c3C)nc21. The van der Waals surface area contributed by atoms with Crippen LogP contribution in [-0.4, -0.2) is 37.6 Å². The van der Waals surface area contributed by atoms with Gasteiger partial charge < -0.3 is 4.74 Å². The van der Waals surface area contributed by atoms with Crippen molar-refractivity contribution >= 4 is 17.0 Å². The van der Waals surface area contributed by atoms with E-state index in [1.165, 1.54) is 17.9 Å². The summed E-state index contributed by atoms with van der Waals surface area (Å²) in [6.07, 6.45) is -1.12. The molecule has 0 aliphatic carbocycles. The molecule has 0 N–H and O–H groups in total. The Morgan fingerprint density at radius 3 is 2.64 bits per heavy atom. The molecule has 0 aromatic carbocycles. The lowest BCUT2D eigenvalue weighted by Gasteiger charge is -2.08. The zero-order valence-electron chi connectivity index (χ0n) is 14.2. The highest BCUT2D eigenvalue weighted by atomic mass is 19.3. The molecule has 0 aliphatic rings. The summed E-state index contributed by atoms with van der Waals surface area (Å²) in [5.74, 6) is -0.534. The zero-order chi connectivity index (χ0) is 18.3. The molecule has 0 radical (unpaired) electrons. The van der Waals surface area contributed by atoms with Gasteiger partial charge in [0.2, 0.25) is 0 Å². The smallest absolute Gasteiger partial charge is 0.327 e. The van der Waals surface area contributed by atoms with Crippen molar-refractivity contribution in [2.75, 3.05) is 7.11 Å². The molecular weight excluding hydrogens is 332 g/mol. The van der Waals surface area contributed by atoms with Crippen molar-refractivity contribution in [2.24, 2.45) is 7.05 Å². The number of hydrogen-bond donors (Lipinski definition) is 0. The van der Waals surface area contributed by atoms with Crippen molar-refractivity contribution in [1.82, 2.24) is 24.5 Å². The molecule has 0 spiro atoms. The first-order valence-corrected chi connectivity index (χ1v) is 7.55. The number of alkyl halides is 2. The van der Waals surface area contributed by atoms with Crippen LogP contribution in [0.2, 0.25) is 0 Å². The Kier molecular flexibility index (Phi) is 4.23. The minimum absolute atomic E-state index is 0.170. The third-order valence-electron chi connectivity index (χ3n) is 4.16. The monoisotopic (exact) mass is 349 g/mol. The van der Waals surface area contributed by atoms with Crippen molar-refractivity contribution in [3.63, 3.8) is 0 Å². The zero-order valence-corrected chi connectivity index (χ0v) is 14.2. The normalized spacial score (nSPS) is 11.5. The van der Waals surface area contributed by atoms with E-state index in [-0.39, 0.29) is 23.1 Å². The standard InChI is InChI=1S/C16H17F2N5O2/c1-8-14-10(15(17)18)5-12(11-6-19-22(3)9(11)2)20-16(14)23(21-8)7-13(24)25-4/h5-6,15H,7H2,1-4H3. The lowest BCUT2D eigenvalue weighted by atomic mass is 10.1. The van der Waals surface area contributed by atoms with E-state index in [1.54, 1.807) is 24.9 Å². The Bertz CT molecular complexity index is 961. The number of halogens is 2. The molecule has 0 atom stereocenters. The van der Waals surface area contributed by atoms with Crippen LogP contribution in [0.1, 0.15) is 23.4 Å². The fourth-order valence-corrected chi connectivity index (χ4v) is 2.74. The minimum atomic E-state index is -2.70. The van der Waals surface area contributed by atoms with Crippen molar-refractivity contribution in [3.05, 3.63) is 29.2 Å². The predicted molar refractivity (Wildman–Crippen MR) is 86.2 cm³/mol. The molecule has 3 heterocycles. The molecule has 3 aromatic heterocycles. The van der Waals surface area contributed by atoms with Crippen LogP contribution in [0.5, 0.6) is 0 Å². The molecule has 0 fully saturated rings. The Hall–Kier alpha value is -2.84. The quantitative estimate of drug-likeness (QED) is 0.677. The molecule has 0 saturated heterocycles. The minimum Gasteiger partial charge on any atom is -0.468 e. The number of aryl methyl sites for hydroxylation is 2. The molecule has 0 bridgehead atoms. The van der Waals surface area contributed by atoms with E-state index >= 15 is 0 Å². The second-order valence-corrected chi connectivity index (χ2v) is 5.68. The van der Waals surface area contributed by atoms with Crippen molar-refractivity contribution in [3.8, 4) is 11.3 Å². The third kappa shape index (κ3) is 2.86. The first-order valence-electron chi connectivity index (χ1n) is 7.55. The number of carbonyl (C=O) groups is 1. The van der Waals surface area contributed by atoms with E-state index in [0.717, 1.165) is 5.69 Å². The van der Waals surface area contributed by atoms with Gasteiger partial charge in [0.25, 0.3) is 6.43 Å². The average molecular weight is 349 g/mol. The first kappa shape index (κ1) is 17.0. The van der Waals surface area contributed by atoms with Crippen LogP contribution in [0.15, 0.2) is 12.3 Å². The molecule has 25 heavy (non-hydrogen) atoms. The Labute approximate surface area is 142 Å². The molecule has 3 rings (SSSR count). The van der Waals surface area contributed by atoms with Crippen LogP contribution in [0.3, 0.4) is 0 Å². The van der Waals surface area contributed by atoms with Gasteiger partial charge in [-0.25, -0.2) is 18.4 Å². The molecule has 0 unspecified atom stereocenters. The Morgan fingerprint density at radius 2 is 2.08 bits per heavy atom. The highest BCUT2D eigenvalue weighted by Gasteiger charge is 2.23. The van der Waals surface area contributed by atoms with E-state index in [2.05, 4.69) is 19.9 Å². The number of fused-ring (bicyclic) bond motifs is 1. The predicted octanol–water partition coefficient (Wildman–Crippen LogP) is 2.56. The average Bonchev–Trinajstić information content (AvgIpc) is 3.07. The van der Waals surface area contributed by atoms with Gasteiger partial charge in [-0.2, -0.15) is 10.2 Å². The van der Waals surface area contributed by atoms with Crippen LogP contribution in [0, 0.1) is 13.8 Å². The van der Waals surface area contributed by atoms with Crippen LogP contribution in [-0.2, 0) is 23.1 Å². The van der Waals surface area contributed by atoms with Gasteiger partial charge in [0, 0.05) is 23.9 Å². The molecule has 132 valence electrons. The van der Waals surface area contributed by atoms with Crippen molar-refractivity contribution < 1.29 is 18.3 Å². The lowest BCUT2D eigenvalue weighted by molar-refractivity contribution is -0.141. The summed E-state index contributed by atoms with van der Waals surface area (Å²) >= 11 is 0. The maximum atomic E-state index is 13.6. The topological polar surface area (TPSA) is 74.8 Å². The van der Waals surface area contributed by atoms with E-state index < -0.39 is 12.4 Å². The number of esters is 1. The second-order valence-electron chi connectivity index (χ2n) is 5.68. The largest absolute Gasteiger partial charge is 0.468 e. The van der Waals surface area contributed by atoms with Crippen LogP contribution in [0.4, 0.5) is 8.78 Å². The second kappa shape index (κ2) is 6.23. The third-order valence-corrected chi connectivity index (χ3v) is 4.16. The summed E-state index contributed by atoms with van der Waals surface area (Å²) in [4.78, 5) is 16.1. The summed E-state index contributed by atoms with van der Waals surface area (Å²) in [5.41, 5.74) is 2.24. The molecule has 7 nitrogen and oxygen atoms in total. The van der Waals surface area contributed by atoms with Gasteiger partial charge in [-0.05, 0) is 19.9 Å². The lowest BCUT2D eigenvalue weighted by Crippen LogP contribution is -2.13. The number of rotatable bonds is 4. The summed E-state index contributed by atoms with van der Waals surface area (Å²) in [6, 6.07) is 1.36. The fraction of sp³-hybridized carbons (Fsp3) is 0.375. The molecular formula is C16H17F2N5O2. The van der Waals surface area contributed by atoms with Gasteiger partial charge in [-0.15, -0.1) is 0 Å². The number of carbonyl (C=O) groups excluding carboxylic acids is 1. The molecule has 0 aliphatic heterocycles. The summed E-state index contributed by atoms with van der Waals surface area (Å²) < 4.78 is 34.8. The summed E-state index contributed by atoms with van der Waals surface area (Å²) in [6.45, 7) is 3.23. The van der Waals surface area contributed by atoms with Crippen LogP contribution >= 0.6 is 0 Å². The van der Waals surface area contributed by atoms with Gasteiger partial charge in [0.15, 0.2) is 5.65 Å². The van der Waals surface area contributed by atoms with Crippen LogP contribution in [0.25, 0.3) is 22.3 Å². The van der Waals surface area contributed by atoms with Crippen molar-refractivity contribution in [2.45, 2.75) is 26.8 Å². The summed E-state index contributed by atoms with van der Waals surface area (Å²) in [5, 5.41) is 8.57. The molecule has 0 amide bonds. The highest BCUT2D eigenvalue weighted by Crippen LogP contribution is 2.33. The van der Waals surface area contributed by atoms with Gasteiger partial charge in [-0.1, -0.05) is 0 Å². The number of methoxy groups -OCH3 is 1. The van der Waals surface area contributed by atoms with Gasteiger partial charge >= 0.3 is 5.97 Å². The first-order chi connectivity index (χ1) is 11.8. The van der Waals surface area contributed by atoms with Crippen molar-refractivity contribution in [1.29, 1.82) is 0 Å². The Morgan fingerprint density at radius 1 is 1.36 bits per heavy atom. The fourth-order valence-electron chi connectivity index (χ4n) is 2.74. The maximum Gasteiger partial charge on any atom is 0.327 e. The van der Waals surface area contributed by atoms with Crippen LogP contribution < -0.4 is 0 Å². The van der Waals surface area contributed by atoms with E-state index in [4.69, 9.17) is 0 Å². The van der Waals surface area contributed by atoms with Gasteiger partial charge in [0.05, 0.1) is 30.1 Å². The number of aromatic nitrogens is 5. The highest BCUT2D eigenvalue weighted by molar-refractivity contribution is 5.86. The van der Waals surface area contributed by atoms with E-state index in [1.807, 2.05) is 6.92 Å². The molecule has 3 aromatic rings. The number of pyridine rings is 1. The van der Waals surface area contributed by atoms with Gasteiger partial charge in [0.1, 0.15) is 6.54 Å². The Balaban J connectivity index is 2.28. The molecule has 0 saturated carbocycles. The number of hydrogen-bond acceptors (Lipinski definition) is 5. The summed E-state index contributed by atoms with van der Waals surface area (Å²) in [7, 11) is 3.01. The number of nitrogens with zero attached hydrogens (tertiary/aromatic N) is 5. The molecule has 9 heteroatoms. The van der Waals surface area contributed by atoms with Gasteiger partial charge in [-0.3, -0.25) is 9.48 Å². The van der Waals surface area contributed by atoms with E-state index in [0.29, 0.717) is 17.0 Å². The maximum absolute atomic E-state index is 13.6.